The molecule has 4 aromatic rings. The lowest BCUT2D eigenvalue weighted by atomic mass is 9.78. The highest BCUT2D eigenvalue weighted by atomic mass is 16.7. The Hall–Kier alpha value is -4.00. The zero-order valence-corrected chi connectivity index (χ0v) is 27.9. The first-order valence-electron chi connectivity index (χ1n) is 16.3. The van der Waals surface area contributed by atoms with Gasteiger partial charge in [-0.3, -0.25) is 0 Å². The fourth-order valence-corrected chi connectivity index (χ4v) is 6.28. The first-order valence-corrected chi connectivity index (χ1v) is 16.3. The second-order valence-corrected chi connectivity index (χ2v) is 13.4. The van der Waals surface area contributed by atoms with E-state index in [4.69, 9.17) is 18.9 Å². The molecular weight excluding hydrogens is 576 g/mol. The highest BCUT2D eigenvalue weighted by Gasteiger charge is 2.27. The van der Waals surface area contributed by atoms with Gasteiger partial charge in [0, 0.05) is 10.8 Å². The molecule has 0 aliphatic heterocycles. The zero-order chi connectivity index (χ0) is 32.9. The summed E-state index contributed by atoms with van der Waals surface area (Å²) in [6.07, 6.45) is 3.17. The number of benzene rings is 4. The molecule has 244 valence electrons. The minimum atomic E-state index is -0.359. The van der Waals surface area contributed by atoms with Crippen LogP contribution in [0.5, 0.6) is 23.0 Å². The molecule has 2 N–H and O–H groups in total. The van der Waals surface area contributed by atoms with Crippen LogP contribution in [-0.2, 0) is 20.3 Å². The summed E-state index contributed by atoms with van der Waals surface area (Å²) in [6, 6.07) is 31.1. The molecule has 0 heterocycles. The molecule has 0 spiro atoms. The molecule has 46 heavy (non-hydrogen) atoms. The third kappa shape index (κ3) is 8.23. The first-order chi connectivity index (χ1) is 21.9. The maximum absolute atomic E-state index is 9.64. The normalized spacial score (nSPS) is 18.5. The Morgan fingerprint density at radius 3 is 1.02 bits per heavy atom. The predicted molar refractivity (Wildman–Crippen MR) is 182 cm³/mol. The van der Waals surface area contributed by atoms with Crippen LogP contribution < -0.4 is 9.47 Å². The van der Waals surface area contributed by atoms with Gasteiger partial charge < -0.3 is 29.2 Å². The van der Waals surface area contributed by atoms with Crippen LogP contribution in [0, 0.1) is 0 Å². The van der Waals surface area contributed by atoms with Gasteiger partial charge in [-0.2, -0.15) is 0 Å². The fourth-order valence-electron chi connectivity index (χ4n) is 6.28. The van der Waals surface area contributed by atoms with Gasteiger partial charge in [0.2, 0.25) is 0 Å². The zero-order valence-electron chi connectivity index (χ0n) is 27.9. The standard InChI is InChI=1S/C40H48O6/c1-27(43-35-19-11-31(12-20-35)39(3,4)29-7-15-33(41)16-8-29)45-37-23-25-38(26-24-37)46-28(2)44-36-21-13-32(14-22-36)40(5,6)30-9-17-34(42)18-10-30/h7-22,27-28,37-38,41-42H,23-26H2,1-6H3. The minimum absolute atomic E-state index is 0.128. The number of hydrogen-bond donors (Lipinski definition) is 2. The van der Waals surface area contributed by atoms with E-state index in [1.807, 2.05) is 62.4 Å². The molecule has 0 saturated heterocycles. The summed E-state index contributed by atoms with van der Waals surface area (Å²) >= 11 is 0. The molecule has 5 rings (SSSR count). The van der Waals surface area contributed by atoms with Crippen LogP contribution >= 0.6 is 0 Å². The van der Waals surface area contributed by atoms with Crippen molar-refractivity contribution in [3.8, 4) is 23.0 Å². The van der Waals surface area contributed by atoms with Crippen molar-refractivity contribution >= 4 is 0 Å². The van der Waals surface area contributed by atoms with E-state index >= 15 is 0 Å². The van der Waals surface area contributed by atoms with E-state index < -0.39 is 0 Å². The van der Waals surface area contributed by atoms with Crippen LogP contribution in [0.1, 0.15) is 89.5 Å². The Kier molecular flexibility index (Phi) is 10.3. The molecular formula is C40H48O6. The number of hydrogen-bond acceptors (Lipinski definition) is 6. The Balaban J connectivity index is 1.04. The Morgan fingerprint density at radius 1 is 0.478 bits per heavy atom. The molecule has 2 unspecified atom stereocenters. The second-order valence-electron chi connectivity index (χ2n) is 13.4. The van der Waals surface area contributed by atoms with Gasteiger partial charge in [-0.05, 0) is 110 Å². The van der Waals surface area contributed by atoms with Gasteiger partial charge in [0.05, 0.1) is 12.2 Å². The van der Waals surface area contributed by atoms with Crippen molar-refractivity contribution in [2.45, 2.75) is 103 Å². The number of phenols is 2. The predicted octanol–water partition coefficient (Wildman–Crippen LogP) is 9.24. The van der Waals surface area contributed by atoms with Gasteiger partial charge in [-0.15, -0.1) is 0 Å². The monoisotopic (exact) mass is 624 g/mol. The number of rotatable bonds is 12. The third-order valence-electron chi connectivity index (χ3n) is 9.32. The molecule has 1 aliphatic rings. The summed E-state index contributed by atoms with van der Waals surface area (Å²) in [7, 11) is 0. The summed E-state index contributed by atoms with van der Waals surface area (Å²) in [5, 5.41) is 19.3. The van der Waals surface area contributed by atoms with E-state index in [9.17, 15) is 10.2 Å². The van der Waals surface area contributed by atoms with Crippen LogP contribution in [0.25, 0.3) is 0 Å². The van der Waals surface area contributed by atoms with E-state index in [2.05, 4.69) is 52.0 Å². The van der Waals surface area contributed by atoms with Crippen molar-refractivity contribution in [3.05, 3.63) is 119 Å². The van der Waals surface area contributed by atoms with E-state index in [0.29, 0.717) is 0 Å². The average Bonchev–Trinajstić information content (AvgIpc) is 3.03. The molecule has 2 atom stereocenters. The van der Waals surface area contributed by atoms with Gasteiger partial charge in [-0.25, -0.2) is 0 Å². The highest BCUT2D eigenvalue weighted by Crippen LogP contribution is 2.35. The largest absolute Gasteiger partial charge is 0.508 e. The van der Waals surface area contributed by atoms with Gasteiger partial charge in [-0.1, -0.05) is 76.2 Å². The van der Waals surface area contributed by atoms with E-state index in [1.54, 1.807) is 24.3 Å². The van der Waals surface area contributed by atoms with Crippen molar-refractivity contribution in [1.82, 2.24) is 0 Å². The van der Waals surface area contributed by atoms with E-state index in [1.165, 1.54) is 11.1 Å². The molecule has 4 aromatic carbocycles. The average molecular weight is 625 g/mol. The molecule has 1 aliphatic carbocycles. The first kappa shape index (κ1) is 33.4. The lowest BCUT2D eigenvalue weighted by Gasteiger charge is -2.32. The van der Waals surface area contributed by atoms with Gasteiger partial charge in [0.25, 0.3) is 0 Å². The Labute approximate surface area is 273 Å². The van der Waals surface area contributed by atoms with E-state index in [-0.39, 0.29) is 47.1 Å². The highest BCUT2D eigenvalue weighted by molar-refractivity contribution is 5.43. The van der Waals surface area contributed by atoms with Gasteiger partial charge >= 0.3 is 0 Å². The maximum atomic E-state index is 9.64. The quantitative estimate of drug-likeness (QED) is 0.153. The minimum Gasteiger partial charge on any atom is -0.508 e. The van der Waals surface area contributed by atoms with Crippen molar-refractivity contribution in [3.63, 3.8) is 0 Å². The SMILES string of the molecule is CC(Oc1ccc(C(C)(C)c2ccc(O)cc2)cc1)OC1CCC(OC(C)Oc2ccc(C(C)(C)c3ccc(O)cc3)cc2)CC1. The second kappa shape index (κ2) is 14.2. The third-order valence-corrected chi connectivity index (χ3v) is 9.32. The van der Waals surface area contributed by atoms with Crippen molar-refractivity contribution in [1.29, 1.82) is 0 Å². The molecule has 1 fully saturated rings. The summed E-state index contributed by atoms with van der Waals surface area (Å²) in [5.74, 6) is 2.09. The molecule has 0 amide bonds. The number of ether oxygens (including phenoxy) is 4. The van der Waals surface area contributed by atoms with Crippen molar-refractivity contribution < 1.29 is 29.2 Å². The lowest BCUT2D eigenvalue weighted by Crippen LogP contribution is -2.33. The number of phenolic OH excluding ortho intramolecular Hbond substituents is 2. The molecule has 0 radical (unpaired) electrons. The Bertz CT molecular complexity index is 1400. The van der Waals surface area contributed by atoms with Crippen molar-refractivity contribution in [2.24, 2.45) is 0 Å². The van der Waals surface area contributed by atoms with Gasteiger partial charge in [0.1, 0.15) is 23.0 Å². The van der Waals surface area contributed by atoms with Crippen molar-refractivity contribution in [2.75, 3.05) is 0 Å². The summed E-state index contributed by atoms with van der Waals surface area (Å²) in [6.45, 7) is 12.6. The van der Waals surface area contributed by atoms with Crippen LogP contribution in [0.3, 0.4) is 0 Å². The Morgan fingerprint density at radius 2 is 0.739 bits per heavy atom. The summed E-state index contributed by atoms with van der Waals surface area (Å²) in [4.78, 5) is 0. The number of aromatic hydroxyl groups is 2. The molecule has 0 bridgehead atoms. The fraction of sp³-hybridized carbons (Fsp3) is 0.400. The molecule has 6 nitrogen and oxygen atoms in total. The molecule has 0 aromatic heterocycles. The smallest absolute Gasteiger partial charge is 0.197 e. The van der Waals surface area contributed by atoms with Crippen LogP contribution in [-0.4, -0.2) is 35.0 Å². The van der Waals surface area contributed by atoms with Gasteiger partial charge in [0.15, 0.2) is 12.6 Å². The molecule has 1 saturated carbocycles. The summed E-state index contributed by atoms with van der Waals surface area (Å²) < 4.78 is 24.7. The van der Waals surface area contributed by atoms with Crippen LogP contribution in [0.2, 0.25) is 0 Å². The van der Waals surface area contributed by atoms with E-state index in [0.717, 1.165) is 48.3 Å². The lowest BCUT2D eigenvalue weighted by molar-refractivity contribution is -0.152. The maximum Gasteiger partial charge on any atom is 0.197 e. The molecule has 6 heteroatoms. The summed E-state index contributed by atoms with van der Waals surface area (Å²) in [5.41, 5.74) is 4.21. The topological polar surface area (TPSA) is 77.4 Å². The van der Waals surface area contributed by atoms with Crippen LogP contribution in [0.15, 0.2) is 97.1 Å². The van der Waals surface area contributed by atoms with Crippen LogP contribution in [0.4, 0.5) is 0 Å².